The minimum absolute atomic E-state index is 0.149. The van der Waals surface area contributed by atoms with Gasteiger partial charge < -0.3 is 0 Å². The van der Waals surface area contributed by atoms with Gasteiger partial charge in [0.1, 0.15) is 5.01 Å². The quantitative estimate of drug-likeness (QED) is 0.787. The van der Waals surface area contributed by atoms with Gasteiger partial charge in [0.2, 0.25) is 5.13 Å². The zero-order valence-corrected chi connectivity index (χ0v) is 13.4. The van der Waals surface area contributed by atoms with E-state index in [1.54, 1.807) is 0 Å². The Hall–Kier alpha value is -2.27. The molecule has 0 atom stereocenters. The molecule has 3 rings (SSSR count). The first-order valence-electron chi connectivity index (χ1n) is 7.25. The summed E-state index contributed by atoms with van der Waals surface area (Å²) in [5.74, 6) is 0.374. The molecule has 2 aromatic carbocycles. The highest BCUT2D eigenvalue weighted by Crippen LogP contribution is 2.22. The normalized spacial score (nSPS) is 11.0. The monoisotopic (exact) mass is 311 g/mol. The third-order valence-corrected chi connectivity index (χ3v) is 4.17. The Kier molecular flexibility index (Phi) is 4.15. The zero-order valence-electron chi connectivity index (χ0n) is 12.5. The smallest absolute Gasteiger partial charge is 0.258 e. The fourth-order valence-electron chi connectivity index (χ4n) is 2.32. The van der Waals surface area contributed by atoms with Crippen molar-refractivity contribution in [3.8, 4) is 0 Å². The molecule has 0 saturated heterocycles. The molecule has 0 saturated carbocycles. The number of nitrogens with zero attached hydrogens (tertiary/aromatic N) is 2. The maximum atomic E-state index is 12.5. The van der Waals surface area contributed by atoms with Crippen LogP contribution in [0, 0.1) is 5.92 Å². The minimum Gasteiger partial charge on any atom is -0.296 e. The molecule has 3 aromatic rings. The summed E-state index contributed by atoms with van der Waals surface area (Å²) >= 11 is 1.44. The molecule has 1 heterocycles. The molecule has 4 nitrogen and oxygen atoms in total. The lowest BCUT2D eigenvalue weighted by molar-refractivity contribution is 0.102. The van der Waals surface area contributed by atoms with Crippen molar-refractivity contribution in [2.45, 2.75) is 20.3 Å². The highest BCUT2D eigenvalue weighted by molar-refractivity contribution is 7.15. The van der Waals surface area contributed by atoms with Crippen LogP contribution in [0.1, 0.15) is 29.2 Å². The summed E-state index contributed by atoms with van der Waals surface area (Å²) in [6, 6.07) is 13.6. The van der Waals surface area contributed by atoms with Gasteiger partial charge in [-0.25, -0.2) is 0 Å². The summed E-state index contributed by atoms with van der Waals surface area (Å²) in [6.07, 6.45) is 0.877. The van der Waals surface area contributed by atoms with Crippen molar-refractivity contribution in [1.29, 1.82) is 0 Å². The molecule has 1 aromatic heterocycles. The van der Waals surface area contributed by atoms with Crippen LogP contribution in [-0.2, 0) is 6.42 Å². The molecule has 22 heavy (non-hydrogen) atoms. The van der Waals surface area contributed by atoms with Crippen LogP contribution in [0.2, 0.25) is 0 Å². The van der Waals surface area contributed by atoms with E-state index in [2.05, 4.69) is 29.4 Å². The minimum atomic E-state index is -0.149. The lowest BCUT2D eigenvalue weighted by atomic mass is 10.0. The van der Waals surface area contributed by atoms with Gasteiger partial charge in [0, 0.05) is 12.0 Å². The molecule has 0 aliphatic rings. The number of nitrogens with one attached hydrogen (secondary N) is 1. The molecule has 0 unspecified atom stereocenters. The van der Waals surface area contributed by atoms with Crippen LogP contribution in [0.3, 0.4) is 0 Å². The number of rotatable bonds is 4. The number of benzene rings is 2. The first-order valence-corrected chi connectivity index (χ1v) is 8.06. The Morgan fingerprint density at radius 1 is 1.14 bits per heavy atom. The van der Waals surface area contributed by atoms with E-state index in [1.807, 2.05) is 42.5 Å². The number of hydrogen-bond acceptors (Lipinski definition) is 4. The van der Waals surface area contributed by atoms with Gasteiger partial charge in [-0.15, -0.1) is 10.2 Å². The van der Waals surface area contributed by atoms with Crippen molar-refractivity contribution in [1.82, 2.24) is 10.2 Å². The van der Waals surface area contributed by atoms with Gasteiger partial charge in [-0.1, -0.05) is 61.6 Å². The second-order valence-corrected chi connectivity index (χ2v) is 6.64. The molecule has 0 bridgehead atoms. The number of anilines is 1. The molecule has 0 aliphatic carbocycles. The molecule has 5 heteroatoms. The summed E-state index contributed by atoms with van der Waals surface area (Å²) in [5.41, 5.74) is 0.652. The topological polar surface area (TPSA) is 54.9 Å². The summed E-state index contributed by atoms with van der Waals surface area (Å²) in [6.45, 7) is 4.27. The third kappa shape index (κ3) is 3.14. The van der Waals surface area contributed by atoms with Crippen LogP contribution in [0.5, 0.6) is 0 Å². The van der Waals surface area contributed by atoms with Gasteiger partial charge in [0.25, 0.3) is 5.91 Å². The second-order valence-electron chi connectivity index (χ2n) is 5.58. The fraction of sp³-hybridized carbons (Fsp3) is 0.235. The lowest BCUT2D eigenvalue weighted by Gasteiger charge is -2.05. The van der Waals surface area contributed by atoms with Crippen LogP contribution >= 0.6 is 11.3 Å². The summed E-state index contributed by atoms with van der Waals surface area (Å²) in [5, 5.41) is 14.5. The Bertz CT molecular complexity index is 805. The number of fused-ring (bicyclic) bond motifs is 1. The highest BCUT2D eigenvalue weighted by atomic mass is 32.1. The summed E-state index contributed by atoms with van der Waals surface area (Å²) in [4.78, 5) is 12.5. The van der Waals surface area contributed by atoms with E-state index in [0.717, 1.165) is 22.2 Å². The summed E-state index contributed by atoms with van der Waals surface area (Å²) in [7, 11) is 0. The Labute approximate surface area is 133 Å². The van der Waals surface area contributed by atoms with Crippen LogP contribution in [0.25, 0.3) is 10.8 Å². The van der Waals surface area contributed by atoms with Crippen molar-refractivity contribution in [3.63, 3.8) is 0 Å². The van der Waals surface area contributed by atoms with Crippen molar-refractivity contribution < 1.29 is 4.79 Å². The molecule has 1 amide bonds. The fourth-order valence-corrected chi connectivity index (χ4v) is 3.27. The Balaban J connectivity index is 1.83. The third-order valence-electron chi connectivity index (χ3n) is 3.30. The molecular weight excluding hydrogens is 294 g/mol. The molecule has 0 spiro atoms. The number of aromatic nitrogens is 2. The van der Waals surface area contributed by atoms with E-state index >= 15 is 0 Å². The predicted molar refractivity (Wildman–Crippen MR) is 90.4 cm³/mol. The SMILES string of the molecule is CC(C)Cc1nnc(NC(=O)c2cccc3ccccc23)s1. The summed E-state index contributed by atoms with van der Waals surface area (Å²) < 4.78 is 0. The van der Waals surface area contributed by atoms with E-state index in [4.69, 9.17) is 0 Å². The molecular formula is C17H17N3OS. The zero-order chi connectivity index (χ0) is 15.5. The molecule has 1 N–H and O–H groups in total. The van der Waals surface area contributed by atoms with Crippen molar-refractivity contribution >= 4 is 33.1 Å². The van der Waals surface area contributed by atoms with Gasteiger partial charge in [-0.2, -0.15) is 0 Å². The van der Waals surface area contributed by atoms with Crippen LogP contribution in [0.4, 0.5) is 5.13 Å². The maximum absolute atomic E-state index is 12.5. The van der Waals surface area contributed by atoms with Gasteiger partial charge >= 0.3 is 0 Å². The number of amides is 1. The Morgan fingerprint density at radius 2 is 1.91 bits per heavy atom. The van der Waals surface area contributed by atoms with E-state index < -0.39 is 0 Å². The largest absolute Gasteiger partial charge is 0.296 e. The maximum Gasteiger partial charge on any atom is 0.258 e. The van der Waals surface area contributed by atoms with Crippen molar-refractivity contribution in [2.24, 2.45) is 5.92 Å². The van der Waals surface area contributed by atoms with Gasteiger partial charge in [0.15, 0.2) is 0 Å². The molecule has 0 fully saturated rings. The van der Waals surface area contributed by atoms with E-state index in [-0.39, 0.29) is 5.91 Å². The predicted octanol–water partition coefficient (Wildman–Crippen LogP) is 4.14. The first-order chi connectivity index (χ1) is 10.6. The highest BCUT2D eigenvalue weighted by Gasteiger charge is 2.13. The van der Waals surface area contributed by atoms with E-state index in [1.165, 1.54) is 11.3 Å². The van der Waals surface area contributed by atoms with E-state index in [0.29, 0.717) is 16.6 Å². The van der Waals surface area contributed by atoms with Crippen LogP contribution < -0.4 is 5.32 Å². The first kappa shape index (κ1) is 14.7. The molecule has 112 valence electrons. The van der Waals surface area contributed by atoms with Crippen LogP contribution in [0.15, 0.2) is 42.5 Å². The average Bonchev–Trinajstić information content (AvgIpc) is 2.92. The number of carbonyl (C=O) groups is 1. The van der Waals surface area contributed by atoms with Gasteiger partial charge in [-0.05, 0) is 22.8 Å². The molecule has 0 radical (unpaired) electrons. The van der Waals surface area contributed by atoms with Gasteiger partial charge in [0.05, 0.1) is 0 Å². The second kappa shape index (κ2) is 6.23. The number of carbonyl (C=O) groups excluding carboxylic acids is 1. The molecule has 0 aliphatic heterocycles. The standard InChI is InChI=1S/C17H17N3OS/c1-11(2)10-15-19-20-17(22-15)18-16(21)14-9-5-7-12-6-3-4-8-13(12)14/h3-9,11H,10H2,1-2H3,(H,18,20,21). The van der Waals surface area contributed by atoms with E-state index in [9.17, 15) is 4.79 Å². The van der Waals surface area contributed by atoms with Crippen molar-refractivity contribution in [3.05, 3.63) is 53.0 Å². The van der Waals surface area contributed by atoms with Crippen molar-refractivity contribution in [2.75, 3.05) is 5.32 Å². The van der Waals surface area contributed by atoms with Crippen LogP contribution in [-0.4, -0.2) is 16.1 Å². The Morgan fingerprint density at radius 3 is 2.73 bits per heavy atom. The lowest BCUT2D eigenvalue weighted by Crippen LogP contribution is -2.12. The average molecular weight is 311 g/mol. The number of hydrogen-bond donors (Lipinski definition) is 1. The van der Waals surface area contributed by atoms with Gasteiger partial charge in [-0.3, -0.25) is 10.1 Å².